The third kappa shape index (κ3) is 4.08. The maximum absolute atomic E-state index is 13.8. The zero-order valence-electron chi connectivity index (χ0n) is 14.0. The molecule has 10 heteroatoms. The molecule has 0 aliphatic carbocycles. The van der Waals surface area contributed by atoms with Gasteiger partial charge in [-0.15, -0.1) is 0 Å². The number of aromatic carboxylic acids is 1. The Labute approximate surface area is 167 Å². The number of aromatic amines is 1. The summed E-state index contributed by atoms with van der Waals surface area (Å²) in [6, 6.07) is 7.45. The maximum atomic E-state index is 13.8. The molecule has 0 fully saturated rings. The van der Waals surface area contributed by atoms with Crippen LogP contribution in [0.25, 0.3) is 10.9 Å². The van der Waals surface area contributed by atoms with Gasteiger partial charge in [-0.05, 0) is 35.9 Å². The predicted octanol–water partition coefficient (Wildman–Crippen LogP) is 3.99. The molecule has 3 rings (SSSR count). The fourth-order valence-corrected chi connectivity index (χ4v) is 3.06. The third-order valence-corrected chi connectivity index (χ3v) is 4.40. The van der Waals surface area contributed by atoms with Crippen molar-refractivity contribution >= 4 is 51.8 Å². The van der Waals surface area contributed by atoms with Crippen LogP contribution >= 0.6 is 23.2 Å². The van der Waals surface area contributed by atoms with Crippen molar-refractivity contribution in [1.82, 2.24) is 10.3 Å². The van der Waals surface area contributed by atoms with Crippen molar-refractivity contribution in [2.75, 3.05) is 5.32 Å². The second-order valence-electron chi connectivity index (χ2n) is 5.75. The van der Waals surface area contributed by atoms with E-state index >= 15 is 0 Å². The van der Waals surface area contributed by atoms with Gasteiger partial charge in [0, 0.05) is 17.0 Å². The molecule has 0 spiro atoms. The maximum Gasteiger partial charge on any atom is 0.341 e. The summed E-state index contributed by atoms with van der Waals surface area (Å²) in [7, 11) is 0. The largest absolute Gasteiger partial charge is 0.477 e. The van der Waals surface area contributed by atoms with Crippen LogP contribution in [0.5, 0.6) is 0 Å². The first-order valence-corrected chi connectivity index (χ1v) is 8.59. The van der Waals surface area contributed by atoms with Crippen LogP contribution in [0.1, 0.15) is 15.9 Å². The van der Waals surface area contributed by atoms with Crippen LogP contribution in [0.4, 0.5) is 14.9 Å². The molecule has 3 aromatic rings. The van der Waals surface area contributed by atoms with Crippen LogP contribution in [0, 0.1) is 5.82 Å². The summed E-state index contributed by atoms with van der Waals surface area (Å²) >= 11 is 11.9. The van der Waals surface area contributed by atoms with Crippen molar-refractivity contribution < 1.29 is 19.1 Å². The first kappa shape index (κ1) is 19.7. The molecule has 0 atom stereocenters. The second-order valence-corrected chi connectivity index (χ2v) is 6.59. The lowest BCUT2D eigenvalue weighted by atomic mass is 10.1. The fraction of sp³-hybridized carbons (Fsp3) is 0.0556. The highest BCUT2D eigenvalue weighted by Crippen LogP contribution is 2.25. The number of urea groups is 1. The zero-order chi connectivity index (χ0) is 20.4. The molecule has 144 valence electrons. The van der Waals surface area contributed by atoms with E-state index < -0.39 is 28.9 Å². The molecule has 0 bridgehead atoms. The molecular formula is C18H12Cl2FN3O4. The number of benzene rings is 2. The number of anilines is 1. The Kier molecular flexibility index (Phi) is 5.53. The Bertz CT molecular complexity index is 1140. The second kappa shape index (κ2) is 7.87. The highest BCUT2D eigenvalue weighted by Gasteiger charge is 2.14. The van der Waals surface area contributed by atoms with E-state index in [1.807, 2.05) is 0 Å². The van der Waals surface area contributed by atoms with E-state index in [9.17, 15) is 18.8 Å². The number of carboxylic acids is 1. The number of carboxylic acid groups (broad SMARTS) is 1. The highest BCUT2D eigenvalue weighted by molar-refractivity contribution is 6.33. The van der Waals surface area contributed by atoms with Crippen LogP contribution in [0.3, 0.4) is 0 Å². The Morgan fingerprint density at radius 1 is 1.18 bits per heavy atom. The number of para-hydroxylation sites is 1. The molecular weight excluding hydrogens is 412 g/mol. The van der Waals surface area contributed by atoms with Crippen LogP contribution in [-0.2, 0) is 6.54 Å². The van der Waals surface area contributed by atoms with Crippen molar-refractivity contribution in [3.8, 4) is 0 Å². The number of halogens is 3. The summed E-state index contributed by atoms with van der Waals surface area (Å²) in [6.07, 6.45) is 0. The Balaban J connectivity index is 1.86. The average molecular weight is 424 g/mol. The third-order valence-electron chi connectivity index (χ3n) is 3.87. The Hall–Kier alpha value is -3.10. The summed E-state index contributed by atoms with van der Waals surface area (Å²) in [5.74, 6) is -2.06. The number of carbonyl (C=O) groups excluding carboxylic acids is 1. The van der Waals surface area contributed by atoms with Crippen molar-refractivity contribution in [3.05, 3.63) is 73.7 Å². The van der Waals surface area contributed by atoms with Crippen molar-refractivity contribution in [3.63, 3.8) is 0 Å². The molecule has 0 radical (unpaired) electrons. The van der Waals surface area contributed by atoms with Crippen LogP contribution < -0.4 is 16.2 Å². The molecule has 4 N–H and O–H groups in total. The van der Waals surface area contributed by atoms with E-state index in [0.717, 1.165) is 6.07 Å². The van der Waals surface area contributed by atoms with Gasteiger partial charge in [0.15, 0.2) is 0 Å². The van der Waals surface area contributed by atoms with Crippen LogP contribution in [-0.4, -0.2) is 22.1 Å². The lowest BCUT2D eigenvalue weighted by Crippen LogP contribution is -2.29. The lowest BCUT2D eigenvalue weighted by Gasteiger charge is -2.12. The number of nitrogens with one attached hydrogen (secondary N) is 3. The summed E-state index contributed by atoms with van der Waals surface area (Å²) in [4.78, 5) is 37.6. The Morgan fingerprint density at radius 3 is 2.61 bits per heavy atom. The summed E-state index contributed by atoms with van der Waals surface area (Å²) < 4.78 is 13.8. The lowest BCUT2D eigenvalue weighted by molar-refractivity contribution is 0.0695. The minimum atomic E-state index is -1.37. The number of carbonyl (C=O) groups is 2. The number of aromatic nitrogens is 1. The first-order chi connectivity index (χ1) is 13.3. The van der Waals surface area contributed by atoms with Gasteiger partial charge >= 0.3 is 12.0 Å². The summed E-state index contributed by atoms with van der Waals surface area (Å²) in [6.45, 7) is -0.0721. The molecule has 1 aromatic heterocycles. The average Bonchev–Trinajstić information content (AvgIpc) is 2.62. The first-order valence-electron chi connectivity index (χ1n) is 7.84. The molecule has 1 heterocycles. The van der Waals surface area contributed by atoms with Crippen LogP contribution in [0.2, 0.25) is 10.0 Å². The number of H-pyrrole nitrogens is 1. The molecule has 0 saturated heterocycles. The van der Waals surface area contributed by atoms with Gasteiger partial charge in [-0.1, -0.05) is 29.3 Å². The number of pyridine rings is 1. The highest BCUT2D eigenvalue weighted by atomic mass is 35.5. The van der Waals surface area contributed by atoms with E-state index in [-0.39, 0.29) is 22.3 Å². The normalized spacial score (nSPS) is 10.7. The molecule has 0 saturated carbocycles. The fourth-order valence-electron chi connectivity index (χ4n) is 2.60. The standard InChI is InChI=1S/C18H12Cl2FN3O4/c19-10-4-8-6-11(17(26)27)16(25)23-14(8)9(5-10)7-22-18(28)24-15-12(20)2-1-3-13(15)21/h1-6H,7H2,(H,23,25)(H,26,27)(H2,22,24,28). The van der Waals surface area contributed by atoms with Crippen molar-refractivity contribution in [1.29, 1.82) is 0 Å². The topological polar surface area (TPSA) is 111 Å². The van der Waals surface area contributed by atoms with Gasteiger partial charge in [-0.25, -0.2) is 14.0 Å². The summed E-state index contributed by atoms with van der Waals surface area (Å²) in [5, 5.41) is 14.6. The minimum Gasteiger partial charge on any atom is -0.477 e. The number of fused-ring (bicyclic) bond motifs is 1. The van der Waals surface area contributed by atoms with E-state index in [2.05, 4.69) is 15.6 Å². The van der Waals surface area contributed by atoms with Crippen molar-refractivity contribution in [2.24, 2.45) is 0 Å². The zero-order valence-corrected chi connectivity index (χ0v) is 15.5. The SMILES string of the molecule is O=C(NCc1cc(Cl)cc2cc(C(=O)O)c(=O)[nH]c12)Nc1c(F)cccc1Cl. The van der Waals surface area contributed by atoms with Gasteiger partial charge in [0.2, 0.25) is 0 Å². The molecule has 0 unspecified atom stereocenters. The molecule has 0 aliphatic rings. The molecule has 2 aromatic carbocycles. The number of hydrogen-bond donors (Lipinski definition) is 4. The molecule has 2 amide bonds. The smallest absolute Gasteiger partial charge is 0.341 e. The minimum absolute atomic E-state index is 0.0360. The van der Waals surface area contributed by atoms with Gasteiger partial charge in [0.05, 0.1) is 16.2 Å². The Morgan fingerprint density at radius 2 is 1.93 bits per heavy atom. The van der Waals surface area contributed by atoms with E-state index in [0.29, 0.717) is 16.5 Å². The van der Waals surface area contributed by atoms with Gasteiger partial charge in [-0.3, -0.25) is 4.79 Å². The quantitative estimate of drug-likeness (QED) is 0.508. The molecule has 7 nitrogen and oxygen atoms in total. The van der Waals surface area contributed by atoms with Gasteiger partial charge in [-0.2, -0.15) is 0 Å². The van der Waals surface area contributed by atoms with E-state index in [1.165, 1.54) is 30.3 Å². The van der Waals surface area contributed by atoms with E-state index in [1.54, 1.807) is 0 Å². The van der Waals surface area contributed by atoms with Gasteiger partial charge in [0.1, 0.15) is 11.4 Å². The van der Waals surface area contributed by atoms with Gasteiger partial charge < -0.3 is 20.7 Å². The molecule has 28 heavy (non-hydrogen) atoms. The molecule has 0 aliphatic heterocycles. The number of rotatable bonds is 4. The number of amides is 2. The number of hydrogen-bond acceptors (Lipinski definition) is 3. The van der Waals surface area contributed by atoms with Gasteiger partial charge in [0.25, 0.3) is 5.56 Å². The van der Waals surface area contributed by atoms with Crippen molar-refractivity contribution in [2.45, 2.75) is 6.54 Å². The predicted molar refractivity (Wildman–Crippen MR) is 104 cm³/mol. The van der Waals surface area contributed by atoms with E-state index in [4.69, 9.17) is 28.3 Å². The monoisotopic (exact) mass is 423 g/mol. The summed E-state index contributed by atoms with van der Waals surface area (Å²) in [5.41, 5.74) is -0.626. The van der Waals surface area contributed by atoms with Crippen LogP contribution in [0.15, 0.2) is 41.2 Å².